The van der Waals surface area contributed by atoms with Crippen LogP contribution in [0.3, 0.4) is 0 Å². The molecule has 0 aromatic heterocycles. The number of nitro groups is 1. The van der Waals surface area contributed by atoms with Crippen LogP contribution in [0.5, 0.6) is 0 Å². The number of carboxylic acid groups (broad SMARTS) is 1. The van der Waals surface area contributed by atoms with E-state index in [-0.39, 0.29) is 39.2 Å². The molecule has 0 heterocycles. The fourth-order valence-corrected chi connectivity index (χ4v) is 13.0. The highest BCUT2D eigenvalue weighted by atomic mass is 16.6. The number of carbonyl (C=O) groups is 1. The zero-order valence-electron chi connectivity index (χ0n) is 28.2. The van der Waals surface area contributed by atoms with Gasteiger partial charge in [0.2, 0.25) is 0 Å². The molecule has 6 heteroatoms. The lowest BCUT2D eigenvalue weighted by Gasteiger charge is -2.73. The second-order valence-electron chi connectivity index (χ2n) is 17.2. The smallest absolute Gasteiger partial charge is 0.309 e. The van der Waals surface area contributed by atoms with Crippen molar-refractivity contribution in [2.45, 2.75) is 112 Å². The molecular formula is C39H53NO5. The maximum Gasteiger partial charge on any atom is 0.309 e. The Labute approximate surface area is 269 Å². The summed E-state index contributed by atoms with van der Waals surface area (Å²) in [6.45, 7) is 18.6. The van der Waals surface area contributed by atoms with Crippen molar-refractivity contribution in [3.05, 3.63) is 52.1 Å². The lowest BCUT2D eigenvalue weighted by Crippen LogP contribution is -2.68. The van der Waals surface area contributed by atoms with Crippen molar-refractivity contribution in [1.29, 1.82) is 0 Å². The van der Waals surface area contributed by atoms with E-state index in [1.807, 2.05) is 0 Å². The van der Waals surface area contributed by atoms with E-state index < -0.39 is 22.4 Å². The summed E-state index contributed by atoms with van der Waals surface area (Å²) in [5.74, 6) is 7.78. The number of aliphatic hydroxyl groups is 1. The Kier molecular flexibility index (Phi) is 7.67. The van der Waals surface area contributed by atoms with Crippen LogP contribution in [-0.4, -0.2) is 27.2 Å². The molecule has 2 N–H and O–H groups in total. The van der Waals surface area contributed by atoms with Gasteiger partial charge in [0.25, 0.3) is 5.69 Å². The van der Waals surface area contributed by atoms with Gasteiger partial charge in [0, 0.05) is 24.1 Å². The van der Waals surface area contributed by atoms with Crippen molar-refractivity contribution in [3.63, 3.8) is 0 Å². The largest absolute Gasteiger partial charge is 0.481 e. The summed E-state index contributed by atoms with van der Waals surface area (Å²) in [5, 5.41) is 33.5. The molecule has 1 aromatic carbocycles. The average Bonchev–Trinajstić information content (AvgIpc) is 3.38. The molecule has 6 rings (SSSR count). The van der Waals surface area contributed by atoms with Crippen LogP contribution in [0, 0.1) is 84.5 Å². The Morgan fingerprint density at radius 1 is 0.978 bits per heavy atom. The first kappa shape index (κ1) is 32.3. The Morgan fingerprint density at radius 3 is 2.29 bits per heavy atom. The van der Waals surface area contributed by atoms with Gasteiger partial charge >= 0.3 is 5.97 Å². The predicted molar refractivity (Wildman–Crippen MR) is 176 cm³/mol. The maximum atomic E-state index is 13.0. The molecule has 0 spiro atoms. The number of rotatable bonds is 4. The highest BCUT2D eigenvalue weighted by Crippen LogP contribution is 2.77. The summed E-state index contributed by atoms with van der Waals surface area (Å²) in [6, 6.07) is 6.37. The SMILES string of the molecule is C=C(C)[C@@H]1CC[C@]2(C(=O)O)CC[C@]3(C)[C@H](CC[C@@H]4[C@@]5(C)C[C@@H](CC#Cc6ccc([N+](=O)[O-])cc6)[C@H](O)C(C)(C)[C@@H]5CC[C@]43C)[C@@H]12. The third-order valence-electron chi connectivity index (χ3n) is 15.2. The molecule has 5 fully saturated rings. The molecule has 0 radical (unpaired) electrons. The minimum atomic E-state index is -0.609. The predicted octanol–water partition coefficient (Wildman–Crippen LogP) is 8.67. The quantitative estimate of drug-likeness (QED) is 0.153. The zero-order chi connectivity index (χ0) is 32.7. The number of aliphatic hydroxyl groups excluding tert-OH is 1. The number of aliphatic carboxylic acids is 1. The molecule has 5 saturated carbocycles. The second-order valence-corrected chi connectivity index (χ2v) is 17.2. The molecule has 0 bridgehead atoms. The van der Waals surface area contributed by atoms with Gasteiger partial charge < -0.3 is 10.2 Å². The molecule has 0 unspecified atom stereocenters. The number of carboxylic acids is 1. The van der Waals surface area contributed by atoms with Crippen LogP contribution in [0.25, 0.3) is 0 Å². The lowest BCUT2D eigenvalue weighted by molar-refractivity contribution is -0.384. The van der Waals surface area contributed by atoms with E-state index in [0.29, 0.717) is 30.1 Å². The van der Waals surface area contributed by atoms with E-state index in [1.165, 1.54) is 12.1 Å². The number of fused-ring (bicyclic) bond motifs is 7. The molecule has 0 amide bonds. The molecule has 5 aliphatic rings. The highest BCUT2D eigenvalue weighted by molar-refractivity contribution is 5.76. The zero-order valence-corrected chi connectivity index (χ0v) is 28.2. The van der Waals surface area contributed by atoms with Crippen LogP contribution in [0.2, 0.25) is 0 Å². The molecule has 45 heavy (non-hydrogen) atoms. The Hall–Kier alpha value is -2.65. The molecule has 5 aliphatic carbocycles. The van der Waals surface area contributed by atoms with Gasteiger partial charge in [-0.15, -0.1) is 0 Å². The van der Waals surface area contributed by atoms with E-state index in [9.17, 15) is 25.1 Å². The van der Waals surface area contributed by atoms with Crippen LogP contribution in [0.15, 0.2) is 36.4 Å². The van der Waals surface area contributed by atoms with Gasteiger partial charge in [0.15, 0.2) is 0 Å². The summed E-state index contributed by atoms with van der Waals surface area (Å²) in [4.78, 5) is 23.6. The van der Waals surface area contributed by atoms with Gasteiger partial charge in [0.05, 0.1) is 16.4 Å². The van der Waals surface area contributed by atoms with Crippen LogP contribution < -0.4 is 0 Å². The molecular weight excluding hydrogens is 562 g/mol. The van der Waals surface area contributed by atoms with Gasteiger partial charge in [-0.3, -0.25) is 14.9 Å². The summed E-state index contributed by atoms with van der Waals surface area (Å²) in [5.41, 5.74) is 1.33. The fraction of sp³-hybridized carbons (Fsp3) is 0.718. The third kappa shape index (κ3) is 4.49. The summed E-state index contributed by atoms with van der Waals surface area (Å²) >= 11 is 0. The molecule has 1 aromatic rings. The second kappa shape index (κ2) is 10.7. The van der Waals surface area contributed by atoms with E-state index in [1.54, 1.807) is 12.1 Å². The van der Waals surface area contributed by atoms with Crippen LogP contribution in [-0.2, 0) is 4.79 Å². The van der Waals surface area contributed by atoms with Crippen molar-refractivity contribution >= 4 is 11.7 Å². The van der Waals surface area contributed by atoms with Crippen molar-refractivity contribution < 1.29 is 19.9 Å². The minimum Gasteiger partial charge on any atom is -0.481 e. The minimum absolute atomic E-state index is 0.0494. The van der Waals surface area contributed by atoms with Crippen LogP contribution in [0.1, 0.15) is 111 Å². The number of nitrogens with zero attached hydrogens (tertiary/aromatic N) is 1. The number of non-ortho nitro benzene ring substituents is 1. The standard InChI is InChI=1S/C39H53NO5/c1-24(2)28-17-20-39(34(42)43)22-21-37(6)29(32(28)39)15-16-31-36(5)23-26(10-8-9-25-11-13-27(14-12-25)40(44)45)33(41)35(3,4)30(36)18-19-38(31,37)7/h11-14,26,28-33,41H,1,10,15-23H2,2-7H3,(H,42,43)/t26-,28+,29-,30+,31-,32-,33+,36+,37-,38-,39+/m1/s1. The highest BCUT2D eigenvalue weighted by Gasteiger charge is 2.72. The van der Waals surface area contributed by atoms with Gasteiger partial charge in [-0.1, -0.05) is 58.6 Å². The summed E-state index contributed by atoms with van der Waals surface area (Å²) in [6.07, 6.45) is 9.00. The Morgan fingerprint density at radius 2 is 1.67 bits per heavy atom. The monoisotopic (exact) mass is 615 g/mol. The van der Waals surface area contributed by atoms with Gasteiger partial charge in [-0.05, 0) is 134 Å². The van der Waals surface area contributed by atoms with E-state index in [0.717, 1.165) is 68.9 Å². The summed E-state index contributed by atoms with van der Waals surface area (Å²) in [7, 11) is 0. The normalized spacial score (nSPS) is 44.6. The summed E-state index contributed by atoms with van der Waals surface area (Å²) < 4.78 is 0. The number of nitro benzene ring substituents is 1. The van der Waals surface area contributed by atoms with Crippen molar-refractivity contribution in [1.82, 2.24) is 0 Å². The Balaban J connectivity index is 1.31. The first-order valence-electron chi connectivity index (χ1n) is 17.3. The molecule has 0 aliphatic heterocycles. The van der Waals surface area contributed by atoms with E-state index in [4.69, 9.17) is 0 Å². The van der Waals surface area contributed by atoms with Crippen LogP contribution >= 0.6 is 0 Å². The van der Waals surface area contributed by atoms with Crippen molar-refractivity contribution in [2.75, 3.05) is 0 Å². The number of allylic oxidation sites excluding steroid dienone is 1. The molecule has 244 valence electrons. The molecule has 11 atom stereocenters. The first-order chi connectivity index (χ1) is 21.0. The topological polar surface area (TPSA) is 101 Å². The average molecular weight is 616 g/mol. The van der Waals surface area contributed by atoms with Gasteiger partial charge in [-0.2, -0.15) is 0 Å². The van der Waals surface area contributed by atoms with Crippen molar-refractivity contribution in [3.8, 4) is 11.8 Å². The number of benzene rings is 1. The van der Waals surface area contributed by atoms with Gasteiger partial charge in [0.1, 0.15) is 0 Å². The molecule has 0 saturated heterocycles. The fourth-order valence-electron chi connectivity index (χ4n) is 13.0. The van der Waals surface area contributed by atoms with Crippen LogP contribution in [0.4, 0.5) is 5.69 Å². The maximum absolute atomic E-state index is 13.0. The third-order valence-corrected chi connectivity index (χ3v) is 15.2. The van der Waals surface area contributed by atoms with Gasteiger partial charge in [-0.25, -0.2) is 0 Å². The Bertz CT molecular complexity index is 1450. The lowest BCUT2D eigenvalue weighted by atomic mass is 9.31. The number of hydrogen-bond donors (Lipinski definition) is 2. The number of hydrogen-bond acceptors (Lipinski definition) is 4. The van der Waals surface area contributed by atoms with E-state index >= 15 is 0 Å². The molecule has 6 nitrogen and oxygen atoms in total. The van der Waals surface area contributed by atoms with E-state index in [2.05, 4.69) is 60.0 Å². The van der Waals surface area contributed by atoms with Crippen molar-refractivity contribution in [2.24, 2.45) is 62.6 Å². The first-order valence-corrected chi connectivity index (χ1v) is 17.3.